The summed E-state index contributed by atoms with van der Waals surface area (Å²) in [4.78, 5) is 0. The van der Waals surface area contributed by atoms with Crippen molar-refractivity contribution in [3.8, 4) is 0 Å². The zero-order valence-corrected chi connectivity index (χ0v) is 61.3. The van der Waals surface area contributed by atoms with Crippen molar-refractivity contribution in [3.63, 3.8) is 0 Å². The first kappa shape index (κ1) is 86.7. The van der Waals surface area contributed by atoms with Gasteiger partial charge in [-0.1, -0.05) is 53.9 Å². The fraction of sp³-hybridized carbons (Fsp3) is 1.00. The average molecular weight is 1680 g/mol. The summed E-state index contributed by atoms with van der Waals surface area (Å²) in [7, 11) is -62.3. The minimum absolute atomic E-state index is 0.0293. The molecule has 24 atom stereocenters. The van der Waals surface area contributed by atoms with Gasteiger partial charge in [0.1, 0.15) is 54.9 Å². The zero-order valence-electron chi connectivity index (χ0n) is 53.1. The molecule has 0 aromatic rings. The molecule has 0 bridgehead atoms. The van der Waals surface area contributed by atoms with Crippen LogP contribution in [-0.2, 0) is 174 Å². The lowest BCUT2D eigenvalue weighted by molar-refractivity contribution is -0.372. The number of rotatable bonds is 34. The maximum absolute atomic E-state index is 13.1. The molecular weight excluding hydrogens is 1600 g/mol. The van der Waals surface area contributed by atoms with E-state index in [-0.39, 0.29) is 30.1 Å². The van der Waals surface area contributed by atoms with E-state index in [2.05, 4.69) is 68.1 Å². The van der Waals surface area contributed by atoms with E-state index in [0.717, 1.165) is 51.4 Å². The molecule has 10 N–H and O–H groups in total. The van der Waals surface area contributed by atoms with Crippen LogP contribution in [0.5, 0.6) is 0 Å². The van der Waals surface area contributed by atoms with Gasteiger partial charge < -0.3 is 28.4 Å². The van der Waals surface area contributed by atoms with Crippen LogP contribution in [0.25, 0.3) is 0 Å². The molecular formula is C45H78O46S10. The van der Waals surface area contributed by atoms with Crippen LogP contribution >= 0.6 is 0 Å². The van der Waals surface area contributed by atoms with Crippen LogP contribution in [-0.4, -0.2) is 248 Å². The largest absolute Gasteiger partial charge is 0.397 e. The first-order valence-corrected chi connectivity index (χ1v) is 43.7. The second kappa shape index (κ2) is 32.2. The zero-order chi connectivity index (χ0) is 76.2. The van der Waals surface area contributed by atoms with Gasteiger partial charge in [-0.3, -0.25) is 45.5 Å². The minimum atomic E-state index is -6.57. The van der Waals surface area contributed by atoms with Gasteiger partial charge in [0.25, 0.3) is 0 Å². The van der Waals surface area contributed by atoms with Crippen molar-refractivity contribution >= 4 is 104 Å². The molecule has 101 heavy (non-hydrogen) atoms. The van der Waals surface area contributed by atoms with Crippen molar-refractivity contribution in [1.82, 2.24) is 0 Å². The Morgan fingerprint density at radius 3 is 1.08 bits per heavy atom. The molecule has 0 amide bonds. The van der Waals surface area contributed by atoms with Gasteiger partial charge in [0.2, 0.25) is 0 Å². The van der Waals surface area contributed by atoms with E-state index >= 15 is 0 Å². The Labute approximate surface area is 582 Å². The lowest BCUT2D eigenvalue weighted by Gasteiger charge is -2.61. The molecule has 0 spiro atoms. The average Bonchev–Trinajstić information content (AvgIpc) is 1.69. The highest BCUT2D eigenvalue weighted by atomic mass is 32.3. The van der Waals surface area contributed by atoms with E-state index in [0.29, 0.717) is 42.4 Å². The van der Waals surface area contributed by atoms with Gasteiger partial charge in [0.05, 0.1) is 25.9 Å². The van der Waals surface area contributed by atoms with Crippen molar-refractivity contribution in [2.24, 2.45) is 52.3 Å². The van der Waals surface area contributed by atoms with Gasteiger partial charge in [-0.2, -0.15) is 84.2 Å². The van der Waals surface area contributed by atoms with Gasteiger partial charge >= 0.3 is 104 Å². The van der Waals surface area contributed by atoms with E-state index in [1.165, 1.54) is 0 Å². The van der Waals surface area contributed by atoms with Crippen LogP contribution in [0.15, 0.2) is 0 Å². The van der Waals surface area contributed by atoms with Gasteiger partial charge in [0.15, 0.2) is 37.2 Å². The highest BCUT2D eigenvalue weighted by Crippen LogP contribution is 2.69. The van der Waals surface area contributed by atoms with Crippen molar-refractivity contribution in [2.75, 3.05) is 19.8 Å². The third-order valence-corrected chi connectivity index (χ3v) is 23.8. The molecule has 3 aliphatic heterocycles. The minimum Gasteiger partial charge on any atom is -0.347 e. The Bertz CT molecular complexity index is 4090. The monoisotopic (exact) mass is 1670 g/mol. The summed E-state index contributed by atoms with van der Waals surface area (Å²) in [6.45, 7) is 5.14. The molecule has 0 radical (unpaired) electrons. The van der Waals surface area contributed by atoms with Gasteiger partial charge in [0, 0.05) is 0 Å². The summed E-state index contributed by atoms with van der Waals surface area (Å²) >= 11 is 0. The molecule has 0 aromatic heterocycles. The Morgan fingerprint density at radius 1 is 0.366 bits per heavy atom. The summed E-state index contributed by atoms with van der Waals surface area (Å²) in [5.74, 6) is 2.14. The molecule has 7 rings (SSSR count). The Balaban J connectivity index is 1.37. The highest BCUT2D eigenvalue weighted by Gasteiger charge is 2.64. The lowest BCUT2D eigenvalue weighted by Crippen LogP contribution is -2.69. The first-order chi connectivity index (χ1) is 45.7. The van der Waals surface area contributed by atoms with Crippen molar-refractivity contribution in [3.05, 3.63) is 0 Å². The molecule has 3 saturated heterocycles. The summed E-state index contributed by atoms with van der Waals surface area (Å²) in [6, 6.07) is 0. The van der Waals surface area contributed by atoms with E-state index in [4.69, 9.17) is 36.8 Å². The van der Waals surface area contributed by atoms with E-state index < -0.39 is 227 Å². The Kier molecular flexibility index (Phi) is 27.6. The smallest absolute Gasteiger partial charge is 0.347 e. The molecule has 7 fully saturated rings. The predicted molar refractivity (Wildman–Crippen MR) is 321 cm³/mol. The van der Waals surface area contributed by atoms with E-state index in [9.17, 15) is 130 Å². The Hall–Kier alpha value is -1.54. The number of hydrogen-bond acceptors (Lipinski definition) is 36. The molecule has 46 nitrogen and oxygen atoms in total. The summed E-state index contributed by atoms with van der Waals surface area (Å²) in [5.41, 5.74) is -0.352. The normalized spacial score (nSPS) is 37.8. The van der Waals surface area contributed by atoms with E-state index in [1.54, 1.807) is 0 Å². The van der Waals surface area contributed by atoms with Crippen molar-refractivity contribution in [1.29, 1.82) is 0 Å². The van der Waals surface area contributed by atoms with Crippen LogP contribution < -0.4 is 0 Å². The van der Waals surface area contributed by atoms with Gasteiger partial charge in [-0.15, -0.1) is 0 Å². The molecule has 4 aliphatic carbocycles. The fourth-order valence-electron chi connectivity index (χ4n) is 15.8. The van der Waals surface area contributed by atoms with Crippen LogP contribution in [0.4, 0.5) is 0 Å². The van der Waals surface area contributed by atoms with Gasteiger partial charge in [-0.25, -0.2) is 41.8 Å². The second-order valence-electron chi connectivity index (χ2n) is 26.1. The lowest BCUT2D eigenvalue weighted by atomic mass is 9.44. The molecule has 56 heteroatoms. The molecule has 4 saturated carbocycles. The standard InChI is InChI=1S/C45H78O46S10/c1-21(2)7-6-8-22(3)26-11-12-27-25-10-9-23-17-24(13-15-44(23,4)28(25)14-16-45(26,27)5)79-41-38(89-99(67,68)69)35(32(85-95(55,56)57)29(80-41)18-76-92(46,47)48)83-42-39(90-100(70,71)72)36(33(86-96(58,59)60)30(81-42)19-77-93(49,50)51)84-43-40(91-101(73,74)75)37(88-98(64,65)66)34(87-97(61,62)63)31(82-43)20-78-94(52,53)54/h21-43H,6-20H2,1-5H3,(H,46,47,48)(H,49,50,51)(H,52,53,54)(H,55,56,57)(H,58,59,60)(H,61,62,63)(H,64,65,66)(H,67,68,69)(H,70,71,72)(H,73,74,75)/t22-,23+,24+,25+,26-,27+,28+,29-,30-,31-,32-,33-,34-,35+,36+,37+,38+,39+,40+,41+,42-,43-,44+,45-/m1/s1. The van der Waals surface area contributed by atoms with Crippen LogP contribution in [0.3, 0.4) is 0 Å². The summed E-state index contributed by atoms with van der Waals surface area (Å²) in [5, 5.41) is 0. The highest BCUT2D eigenvalue weighted by molar-refractivity contribution is 7.83. The molecule has 0 unspecified atom stereocenters. The topological polar surface area (TPSA) is 691 Å². The fourth-order valence-corrected chi connectivity index (χ4v) is 20.2. The second-order valence-corrected chi connectivity index (χ2v) is 36.7. The maximum Gasteiger partial charge on any atom is 0.397 e. The SMILES string of the molecule is CC(C)CCC[C@@H](C)[C@H]1CC[C@H]2[C@@H]3CC[C@H]4C[C@@H](O[C@H]5O[C@H](COS(=O)(=O)O)[C@@H](OS(=O)(=O)O)[C@H](O[C@H]6O[C@H](COS(=O)(=O)O)[C@@H](OS(=O)(=O)O)[C@H](O[C@H]7O[C@H](COS(=O)(=O)O)[C@@H](OS(=O)(=O)O)[C@H](OS(=O)(=O)O)[C@@H]7OS(=O)(=O)O)[C@@H]6OS(=O)(=O)O)[C@@H]5OS(=O)(=O)O)CC[C@]4(C)[C@H]3CC[C@]12C. The van der Waals surface area contributed by atoms with Gasteiger partial charge in [-0.05, 0) is 110 Å². The quantitative estimate of drug-likeness (QED) is 0.0279. The van der Waals surface area contributed by atoms with Crippen molar-refractivity contribution in [2.45, 2.75) is 210 Å². The summed E-state index contributed by atoms with van der Waals surface area (Å²) in [6.07, 6.45) is -41.9. The number of ether oxygens (including phenoxy) is 6. The molecule has 3 heterocycles. The maximum atomic E-state index is 13.1. The van der Waals surface area contributed by atoms with Crippen molar-refractivity contribution < 1.29 is 200 Å². The third-order valence-electron chi connectivity index (χ3n) is 19.3. The predicted octanol–water partition coefficient (Wildman–Crippen LogP) is -0.788. The van der Waals surface area contributed by atoms with Crippen LogP contribution in [0.2, 0.25) is 0 Å². The first-order valence-electron chi connectivity index (χ1n) is 30.1. The molecule has 0 aromatic carbocycles. The number of hydrogen-bond donors (Lipinski definition) is 10. The van der Waals surface area contributed by atoms with E-state index in [1.807, 2.05) is 0 Å². The molecule has 594 valence electrons. The van der Waals surface area contributed by atoms with Crippen LogP contribution in [0, 0.1) is 52.3 Å². The number of fused-ring (bicyclic) bond motifs is 5. The summed E-state index contributed by atoms with van der Waals surface area (Å²) < 4.78 is 428. The van der Waals surface area contributed by atoms with Crippen LogP contribution in [0.1, 0.15) is 112 Å². The Morgan fingerprint density at radius 2 is 0.703 bits per heavy atom. The molecule has 7 aliphatic rings. The third kappa shape index (κ3) is 25.0.